The molecule has 0 aliphatic carbocycles. The van der Waals surface area contributed by atoms with Crippen molar-refractivity contribution in [3.8, 4) is 6.01 Å². The zero-order valence-corrected chi connectivity index (χ0v) is 8.08. The smallest absolute Gasteiger partial charge is 0.434 e. The first-order valence-electron chi connectivity index (χ1n) is 4.45. The quantitative estimate of drug-likeness (QED) is 0.693. The predicted octanol–water partition coefficient (Wildman–Crippen LogP) is 1.26. The average molecular weight is 207 g/mol. The van der Waals surface area contributed by atoms with Crippen molar-refractivity contribution < 1.29 is 14.3 Å². The van der Waals surface area contributed by atoms with E-state index < -0.39 is 6.16 Å². The van der Waals surface area contributed by atoms with Gasteiger partial charge >= 0.3 is 12.2 Å². The van der Waals surface area contributed by atoms with E-state index >= 15 is 0 Å². The van der Waals surface area contributed by atoms with Crippen LogP contribution in [0.15, 0.2) is 24.4 Å². The zero-order valence-electron chi connectivity index (χ0n) is 8.08. The molecule has 0 saturated heterocycles. The van der Waals surface area contributed by atoms with Crippen molar-refractivity contribution in [2.45, 2.75) is 6.92 Å². The van der Waals surface area contributed by atoms with Crippen molar-refractivity contribution in [1.29, 1.82) is 0 Å². The number of fused-ring (bicyclic) bond motifs is 1. The van der Waals surface area contributed by atoms with E-state index in [0.717, 1.165) is 0 Å². The highest BCUT2D eigenvalue weighted by Crippen LogP contribution is 2.07. The van der Waals surface area contributed by atoms with Crippen LogP contribution in [0.25, 0.3) is 5.65 Å². The third-order valence-electron chi connectivity index (χ3n) is 1.66. The number of rotatable bonds is 2. The highest BCUT2D eigenvalue weighted by atomic mass is 16.7. The van der Waals surface area contributed by atoms with Gasteiger partial charge in [0.1, 0.15) is 0 Å². The van der Waals surface area contributed by atoms with Crippen molar-refractivity contribution in [3.05, 3.63) is 24.4 Å². The van der Waals surface area contributed by atoms with Gasteiger partial charge in [-0.15, -0.1) is 5.10 Å². The third-order valence-corrected chi connectivity index (χ3v) is 1.66. The Morgan fingerprint density at radius 3 is 3.13 bits per heavy atom. The van der Waals surface area contributed by atoms with Gasteiger partial charge in [-0.1, -0.05) is 6.07 Å². The number of pyridine rings is 1. The predicted molar refractivity (Wildman–Crippen MR) is 50.6 cm³/mol. The number of carbonyl (C=O) groups is 1. The van der Waals surface area contributed by atoms with Gasteiger partial charge in [-0.3, -0.25) is 0 Å². The van der Waals surface area contributed by atoms with Crippen molar-refractivity contribution in [3.63, 3.8) is 0 Å². The maximum absolute atomic E-state index is 11.0. The fourth-order valence-corrected chi connectivity index (χ4v) is 1.08. The van der Waals surface area contributed by atoms with Crippen LogP contribution in [0.3, 0.4) is 0 Å². The minimum Gasteiger partial charge on any atom is -0.434 e. The molecular formula is C9H9N3O3. The lowest BCUT2D eigenvalue weighted by molar-refractivity contribution is 0.101. The number of ether oxygens (including phenoxy) is 2. The van der Waals surface area contributed by atoms with Crippen LogP contribution < -0.4 is 4.74 Å². The summed E-state index contributed by atoms with van der Waals surface area (Å²) in [6.07, 6.45) is 0.911. The van der Waals surface area contributed by atoms with Crippen LogP contribution in [-0.4, -0.2) is 27.4 Å². The molecule has 6 nitrogen and oxygen atoms in total. The second-order valence-electron chi connectivity index (χ2n) is 2.68. The highest BCUT2D eigenvalue weighted by molar-refractivity contribution is 5.62. The summed E-state index contributed by atoms with van der Waals surface area (Å²) in [5, 5.41) is 3.92. The van der Waals surface area contributed by atoms with Crippen LogP contribution in [0.1, 0.15) is 6.92 Å². The van der Waals surface area contributed by atoms with E-state index in [1.807, 2.05) is 6.07 Å². The molecule has 0 saturated carbocycles. The molecule has 6 heteroatoms. The molecule has 0 bridgehead atoms. The van der Waals surface area contributed by atoms with Crippen LogP contribution in [-0.2, 0) is 4.74 Å². The molecule has 0 fully saturated rings. The molecule has 15 heavy (non-hydrogen) atoms. The van der Waals surface area contributed by atoms with Gasteiger partial charge in [0, 0.05) is 6.20 Å². The van der Waals surface area contributed by atoms with E-state index in [1.54, 1.807) is 25.3 Å². The number of hydrogen-bond acceptors (Lipinski definition) is 5. The summed E-state index contributed by atoms with van der Waals surface area (Å²) >= 11 is 0. The fraction of sp³-hybridized carbons (Fsp3) is 0.222. The molecule has 0 aromatic carbocycles. The molecule has 0 atom stereocenters. The van der Waals surface area contributed by atoms with Gasteiger partial charge in [-0.2, -0.15) is 4.98 Å². The fourth-order valence-electron chi connectivity index (χ4n) is 1.08. The lowest BCUT2D eigenvalue weighted by Gasteiger charge is -1.97. The Morgan fingerprint density at radius 2 is 2.40 bits per heavy atom. The molecular weight excluding hydrogens is 198 g/mol. The van der Waals surface area contributed by atoms with Gasteiger partial charge in [0.05, 0.1) is 6.61 Å². The van der Waals surface area contributed by atoms with Crippen LogP contribution >= 0.6 is 0 Å². The van der Waals surface area contributed by atoms with Gasteiger partial charge in [-0.05, 0) is 19.1 Å². The van der Waals surface area contributed by atoms with Crippen molar-refractivity contribution >= 4 is 11.8 Å². The minimum absolute atomic E-state index is 0.0142. The third kappa shape index (κ3) is 2.04. The molecule has 2 heterocycles. The van der Waals surface area contributed by atoms with Crippen molar-refractivity contribution in [2.75, 3.05) is 6.61 Å². The minimum atomic E-state index is -0.798. The molecule has 0 N–H and O–H groups in total. The molecule has 0 amide bonds. The van der Waals surface area contributed by atoms with Crippen molar-refractivity contribution in [2.24, 2.45) is 0 Å². The van der Waals surface area contributed by atoms with E-state index in [0.29, 0.717) is 5.65 Å². The van der Waals surface area contributed by atoms with Crippen LogP contribution in [0.5, 0.6) is 6.01 Å². The summed E-state index contributed by atoms with van der Waals surface area (Å²) in [6, 6.07) is 5.36. The largest absolute Gasteiger partial charge is 0.516 e. The van der Waals surface area contributed by atoms with Gasteiger partial charge in [-0.25, -0.2) is 9.31 Å². The number of aromatic nitrogens is 3. The summed E-state index contributed by atoms with van der Waals surface area (Å²) in [4.78, 5) is 14.9. The molecule has 2 aromatic heterocycles. The Kier molecular flexibility index (Phi) is 2.49. The Morgan fingerprint density at radius 1 is 1.53 bits per heavy atom. The molecule has 0 spiro atoms. The molecule has 0 radical (unpaired) electrons. The second kappa shape index (κ2) is 3.95. The first-order valence-corrected chi connectivity index (χ1v) is 4.45. The monoisotopic (exact) mass is 207 g/mol. The van der Waals surface area contributed by atoms with E-state index in [4.69, 9.17) is 4.74 Å². The van der Waals surface area contributed by atoms with Crippen LogP contribution in [0, 0.1) is 0 Å². The highest BCUT2D eigenvalue weighted by Gasteiger charge is 2.09. The SMILES string of the molecule is CCOC(=O)Oc1nc2ccccn2n1. The van der Waals surface area contributed by atoms with E-state index in [9.17, 15) is 4.79 Å². The lowest BCUT2D eigenvalue weighted by Crippen LogP contribution is -2.10. The van der Waals surface area contributed by atoms with Gasteiger partial charge in [0.2, 0.25) is 0 Å². The number of carbonyl (C=O) groups excluding carboxylic acids is 1. The molecule has 0 aliphatic rings. The van der Waals surface area contributed by atoms with E-state index in [-0.39, 0.29) is 12.6 Å². The molecule has 78 valence electrons. The number of hydrogen-bond donors (Lipinski definition) is 0. The van der Waals surface area contributed by atoms with Crippen LogP contribution in [0.2, 0.25) is 0 Å². The topological polar surface area (TPSA) is 65.7 Å². The maximum atomic E-state index is 11.0. The maximum Gasteiger partial charge on any atom is 0.516 e. The van der Waals surface area contributed by atoms with Crippen LogP contribution in [0.4, 0.5) is 4.79 Å². The molecule has 0 unspecified atom stereocenters. The molecule has 0 aliphatic heterocycles. The summed E-state index contributed by atoms with van der Waals surface area (Å²) < 4.78 is 10.8. The zero-order chi connectivity index (χ0) is 10.7. The van der Waals surface area contributed by atoms with Crippen molar-refractivity contribution in [1.82, 2.24) is 14.6 Å². The van der Waals surface area contributed by atoms with E-state index in [2.05, 4.69) is 14.8 Å². The van der Waals surface area contributed by atoms with E-state index in [1.165, 1.54) is 4.52 Å². The Labute approximate surface area is 85.4 Å². The summed E-state index contributed by atoms with van der Waals surface area (Å²) in [5.41, 5.74) is 0.608. The Bertz CT molecular complexity index is 447. The standard InChI is InChI=1S/C9H9N3O3/c1-2-14-9(13)15-8-10-7-5-3-4-6-12(7)11-8/h3-6H,2H2,1H3. The first kappa shape index (κ1) is 9.45. The normalized spacial score (nSPS) is 10.2. The van der Waals surface area contributed by atoms with Gasteiger partial charge < -0.3 is 9.47 Å². The summed E-state index contributed by atoms with van der Waals surface area (Å²) in [6.45, 7) is 1.95. The second-order valence-corrected chi connectivity index (χ2v) is 2.68. The summed E-state index contributed by atoms with van der Waals surface area (Å²) in [7, 11) is 0. The number of nitrogens with zero attached hydrogens (tertiary/aromatic N) is 3. The lowest BCUT2D eigenvalue weighted by atomic mass is 10.5. The first-order chi connectivity index (χ1) is 7.29. The Hall–Kier alpha value is -2.11. The van der Waals surface area contributed by atoms with Gasteiger partial charge in [0.15, 0.2) is 5.65 Å². The summed E-state index contributed by atoms with van der Waals surface area (Å²) in [5.74, 6) is 0. The van der Waals surface area contributed by atoms with Gasteiger partial charge in [0.25, 0.3) is 0 Å². The molecule has 2 rings (SSSR count). The average Bonchev–Trinajstić information content (AvgIpc) is 2.59. The Balaban J connectivity index is 2.18. The molecule has 2 aromatic rings.